The molecule has 1 aromatic rings. The summed E-state index contributed by atoms with van der Waals surface area (Å²) in [4.78, 5) is 0. The van der Waals surface area contributed by atoms with Crippen LogP contribution in [0.25, 0.3) is 0 Å². The summed E-state index contributed by atoms with van der Waals surface area (Å²) >= 11 is 0. The Hall–Kier alpha value is -1.68. The topological polar surface area (TPSA) is 47.9 Å². The van der Waals surface area contributed by atoms with Crippen molar-refractivity contribution in [2.45, 2.75) is 24.9 Å². The molecule has 0 amide bonds. The molecule has 4 heteroatoms. The second-order valence-electron chi connectivity index (χ2n) is 5.36. The molecular weight excluding hydrogens is 256 g/mol. The first-order chi connectivity index (χ1) is 9.69. The van der Waals surface area contributed by atoms with Gasteiger partial charge in [-0.25, -0.2) is 0 Å². The van der Waals surface area contributed by atoms with Gasteiger partial charge in [0, 0.05) is 6.42 Å². The third-order valence-corrected chi connectivity index (χ3v) is 4.33. The van der Waals surface area contributed by atoms with Crippen molar-refractivity contribution in [2.24, 2.45) is 5.92 Å². The number of hydrogen-bond donors (Lipinski definition) is 1. The molecule has 0 spiro atoms. The molecule has 2 aliphatic rings. The van der Waals surface area contributed by atoms with E-state index in [1.165, 1.54) is 0 Å². The monoisotopic (exact) mass is 276 g/mol. The van der Waals surface area contributed by atoms with Gasteiger partial charge in [-0.1, -0.05) is 12.1 Å². The molecule has 1 heterocycles. The molecule has 1 aromatic carbocycles. The van der Waals surface area contributed by atoms with Crippen LogP contribution >= 0.6 is 0 Å². The van der Waals surface area contributed by atoms with E-state index in [-0.39, 0.29) is 5.92 Å². The summed E-state index contributed by atoms with van der Waals surface area (Å²) < 4.78 is 16.3. The van der Waals surface area contributed by atoms with Gasteiger partial charge >= 0.3 is 0 Å². The fourth-order valence-corrected chi connectivity index (χ4v) is 3.24. The minimum absolute atomic E-state index is 0.0143. The number of aliphatic hydroxyl groups is 1. The van der Waals surface area contributed by atoms with Gasteiger partial charge in [0.25, 0.3) is 0 Å². The van der Waals surface area contributed by atoms with Crippen LogP contribution in [0.5, 0.6) is 5.75 Å². The lowest BCUT2D eigenvalue weighted by molar-refractivity contribution is -0.0336. The zero-order chi connectivity index (χ0) is 14.2. The maximum Gasteiger partial charge on any atom is 0.140 e. The van der Waals surface area contributed by atoms with Gasteiger partial charge in [0.1, 0.15) is 22.9 Å². The predicted octanol–water partition coefficient (Wildman–Crippen LogP) is 2.57. The molecule has 2 atom stereocenters. The number of benzene rings is 1. The first-order valence-electron chi connectivity index (χ1n) is 6.96. The normalized spacial score (nSPS) is 28.9. The Balaban J connectivity index is 1.95. The average molecular weight is 276 g/mol. The summed E-state index contributed by atoms with van der Waals surface area (Å²) in [5, 5.41) is 11.2. The van der Waals surface area contributed by atoms with Gasteiger partial charge in [0.2, 0.25) is 0 Å². The van der Waals surface area contributed by atoms with Crippen LogP contribution in [0.1, 0.15) is 24.8 Å². The summed E-state index contributed by atoms with van der Waals surface area (Å²) in [5.74, 6) is 2.38. The van der Waals surface area contributed by atoms with Crippen molar-refractivity contribution in [3.8, 4) is 5.75 Å². The van der Waals surface area contributed by atoms with E-state index < -0.39 is 5.60 Å². The molecule has 3 rings (SSSR count). The van der Waals surface area contributed by atoms with Crippen LogP contribution in [0.3, 0.4) is 0 Å². The Morgan fingerprint density at radius 3 is 2.60 bits per heavy atom. The molecule has 0 bridgehead atoms. The minimum atomic E-state index is -0.937. The predicted molar refractivity (Wildman–Crippen MR) is 74.2 cm³/mol. The van der Waals surface area contributed by atoms with Gasteiger partial charge in [-0.2, -0.15) is 0 Å². The third-order valence-electron chi connectivity index (χ3n) is 4.33. The second-order valence-corrected chi connectivity index (χ2v) is 5.36. The van der Waals surface area contributed by atoms with Crippen molar-refractivity contribution >= 4 is 0 Å². The molecule has 0 radical (unpaired) electrons. The van der Waals surface area contributed by atoms with Crippen molar-refractivity contribution < 1.29 is 19.3 Å². The molecule has 0 saturated carbocycles. The highest BCUT2D eigenvalue weighted by molar-refractivity contribution is 5.37. The highest BCUT2D eigenvalue weighted by atomic mass is 16.5. The molecule has 1 aliphatic heterocycles. The molecule has 0 aromatic heterocycles. The smallest absolute Gasteiger partial charge is 0.140 e. The molecule has 20 heavy (non-hydrogen) atoms. The van der Waals surface area contributed by atoms with Gasteiger partial charge in [-0.3, -0.25) is 0 Å². The summed E-state index contributed by atoms with van der Waals surface area (Å²) in [6, 6.07) is 7.59. The fraction of sp³-hybridized carbons (Fsp3) is 0.500. The van der Waals surface area contributed by atoms with Crippen LogP contribution in [-0.2, 0) is 15.1 Å². The SMILES string of the molecule is COC1=C2OCCC[C@H]2[C@](O)(c2ccc(OC)cc2)C1. The summed E-state index contributed by atoms with van der Waals surface area (Å²) in [6.07, 6.45) is 2.35. The van der Waals surface area contributed by atoms with Crippen LogP contribution in [0.15, 0.2) is 35.8 Å². The van der Waals surface area contributed by atoms with Crippen molar-refractivity contribution in [1.29, 1.82) is 0 Å². The molecule has 0 unspecified atom stereocenters. The van der Waals surface area contributed by atoms with Crippen molar-refractivity contribution in [3.63, 3.8) is 0 Å². The first kappa shape index (κ1) is 13.3. The number of hydrogen-bond acceptors (Lipinski definition) is 4. The van der Waals surface area contributed by atoms with Crippen molar-refractivity contribution in [1.82, 2.24) is 0 Å². The van der Waals surface area contributed by atoms with Crippen molar-refractivity contribution in [3.05, 3.63) is 41.3 Å². The van der Waals surface area contributed by atoms with Crippen molar-refractivity contribution in [2.75, 3.05) is 20.8 Å². The van der Waals surface area contributed by atoms with E-state index in [1.807, 2.05) is 24.3 Å². The number of ether oxygens (including phenoxy) is 3. The quantitative estimate of drug-likeness (QED) is 0.921. The van der Waals surface area contributed by atoms with Crippen LogP contribution in [0.4, 0.5) is 0 Å². The molecular formula is C16H20O4. The number of fused-ring (bicyclic) bond motifs is 1. The summed E-state index contributed by atoms with van der Waals surface area (Å²) in [5.41, 5.74) is -0.0498. The van der Waals surface area contributed by atoms with Gasteiger partial charge in [-0.15, -0.1) is 0 Å². The Labute approximate surface area is 119 Å². The molecule has 108 valence electrons. The third kappa shape index (κ3) is 1.95. The summed E-state index contributed by atoms with van der Waals surface area (Å²) in [7, 11) is 3.27. The highest BCUT2D eigenvalue weighted by Gasteiger charge is 2.50. The van der Waals surface area contributed by atoms with E-state index in [0.29, 0.717) is 13.0 Å². The molecule has 1 aliphatic carbocycles. The Kier molecular flexibility index (Phi) is 3.34. The van der Waals surface area contributed by atoms with Crippen LogP contribution < -0.4 is 4.74 Å². The maximum atomic E-state index is 11.2. The standard InChI is InChI=1S/C16H20O4/c1-18-12-7-5-11(6-8-12)16(17)10-14(19-2)15-13(16)4-3-9-20-15/h5-8,13,17H,3-4,9-10H2,1-2H3/t13-,16-/m1/s1. The van der Waals surface area contributed by atoms with E-state index in [2.05, 4.69) is 0 Å². The Morgan fingerprint density at radius 1 is 1.20 bits per heavy atom. The lowest BCUT2D eigenvalue weighted by Crippen LogP contribution is -2.34. The average Bonchev–Trinajstić information content (AvgIpc) is 2.82. The molecule has 1 saturated heterocycles. The largest absolute Gasteiger partial charge is 0.497 e. The maximum absolute atomic E-state index is 11.2. The van der Waals surface area contributed by atoms with Gasteiger partial charge < -0.3 is 19.3 Å². The lowest BCUT2D eigenvalue weighted by atomic mass is 9.79. The fourth-order valence-electron chi connectivity index (χ4n) is 3.24. The van der Waals surface area contributed by atoms with Gasteiger partial charge in [0.05, 0.1) is 26.7 Å². The zero-order valence-electron chi connectivity index (χ0n) is 11.9. The van der Waals surface area contributed by atoms with Crippen LogP contribution in [0, 0.1) is 5.92 Å². The molecule has 1 N–H and O–H groups in total. The van der Waals surface area contributed by atoms with Crippen LogP contribution in [0.2, 0.25) is 0 Å². The van der Waals surface area contributed by atoms with Gasteiger partial charge in [-0.05, 0) is 30.5 Å². The molecule has 4 nitrogen and oxygen atoms in total. The zero-order valence-corrected chi connectivity index (χ0v) is 11.9. The number of rotatable bonds is 3. The van der Waals surface area contributed by atoms with E-state index in [4.69, 9.17) is 14.2 Å². The van der Waals surface area contributed by atoms with E-state index in [0.717, 1.165) is 35.7 Å². The highest BCUT2D eigenvalue weighted by Crippen LogP contribution is 2.51. The number of methoxy groups -OCH3 is 2. The molecule has 1 fully saturated rings. The Bertz CT molecular complexity index is 520. The Morgan fingerprint density at radius 2 is 1.95 bits per heavy atom. The first-order valence-corrected chi connectivity index (χ1v) is 6.96. The van der Waals surface area contributed by atoms with E-state index in [9.17, 15) is 5.11 Å². The van der Waals surface area contributed by atoms with Crippen LogP contribution in [-0.4, -0.2) is 25.9 Å². The van der Waals surface area contributed by atoms with E-state index in [1.54, 1.807) is 14.2 Å². The van der Waals surface area contributed by atoms with E-state index >= 15 is 0 Å². The van der Waals surface area contributed by atoms with Gasteiger partial charge in [0.15, 0.2) is 0 Å². The minimum Gasteiger partial charge on any atom is -0.497 e. The second kappa shape index (κ2) is 5.02. The lowest BCUT2D eigenvalue weighted by Gasteiger charge is -2.34. The summed E-state index contributed by atoms with van der Waals surface area (Å²) in [6.45, 7) is 0.706.